The molecule has 0 saturated carbocycles. The molecule has 0 bridgehead atoms. The van der Waals surface area contributed by atoms with Gasteiger partial charge in [0.25, 0.3) is 0 Å². The fourth-order valence-corrected chi connectivity index (χ4v) is 4.40. The predicted molar refractivity (Wildman–Crippen MR) is 180 cm³/mol. The molecule has 0 amide bonds. The zero-order valence-corrected chi connectivity index (χ0v) is 33.1. The van der Waals surface area contributed by atoms with Crippen LogP contribution in [0, 0.1) is 0 Å². The minimum atomic E-state index is 0.500. The van der Waals surface area contributed by atoms with Gasteiger partial charge in [-0.05, 0) is 56.8 Å². The molecule has 39 heavy (non-hydrogen) atoms. The third kappa shape index (κ3) is 13.0. The van der Waals surface area contributed by atoms with Gasteiger partial charge in [0.05, 0.1) is 6.67 Å². The van der Waals surface area contributed by atoms with Gasteiger partial charge in [-0.25, -0.2) is 0 Å². The summed E-state index contributed by atoms with van der Waals surface area (Å²) in [5.74, 6) is 2.00. The summed E-state index contributed by atoms with van der Waals surface area (Å²) in [5.41, 5.74) is 8.52. The zero-order valence-electron chi connectivity index (χ0n) is 25.1. The number of halogens is 3. The van der Waals surface area contributed by atoms with Crippen LogP contribution in [0.15, 0.2) is 62.0 Å². The van der Waals surface area contributed by atoms with Gasteiger partial charge >= 0.3 is 58.4 Å². The second-order valence-electron chi connectivity index (χ2n) is 10.3. The summed E-state index contributed by atoms with van der Waals surface area (Å²) in [6, 6.07) is 13.6. The van der Waals surface area contributed by atoms with E-state index in [4.69, 9.17) is 0 Å². The fourth-order valence-electron chi connectivity index (χ4n) is 4.40. The van der Waals surface area contributed by atoms with Crippen LogP contribution in [0.4, 0.5) is 11.4 Å². The van der Waals surface area contributed by atoms with Crippen molar-refractivity contribution in [3.8, 4) is 0 Å². The second kappa shape index (κ2) is 23.8. The quantitative estimate of drug-likeness (QED) is 0.118. The van der Waals surface area contributed by atoms with E-state index in [-0.39, 0.29) is 0 Å². The number of hydrogen-bond acceptors (Lipinski definition) is 2. The van der Waals surface area contributed by atoms with Crippen LogP contribution in [-0.4, -0.2) is 11.1 Å². The molecule has 1 aliphatic heterocycles. The van der Waals surface area contributed by atoms with Gasteiger partial charge in [0.1, 0.15) is 0 Å². The summed E-state index contributed by atoms with van der Waals surface area (Å²) < 4.78 is 1.29. The molecule has 0 unspecified atom stereocenters. The van der Waals surface area contributed by atoms with Crippen LogP contribution in [0.3, 0.4) is 0 Å². The van der Waals surface area contributed by atoms with Crippen LogP contribution in [0.2, 0.25) is 0 Å². The first-order valence-corrected chi connectivity index (χ1v) is 20.3. The van der Waals surface area contributed by atoms with Crippen LogP contribution in [-0.2, 0) is 40.0 Å². The molecular formula is C32H49Au2Cl2IN2. The van der Waals surface area contributed by atoms with Gasteiger partial charge < -0.3 is 9.80 Å². The Labute approximate surface area is 287 Å². The van der Waals surface area contributed by atoms with Crippen LogP contribution in [0.1, 0.15) is 115 Å². The summed E-state index contributed by atoms with van der Waals surface area (Å²) in [5, 5.41) is 0. The molecule has 0 aromatic heterocycles. The average Bonchev–Trinajstić information content (AvgIpc) is 3.45. The SMILES string of the molecule is C=C.CC(C)c1cccc(C(C)C)c1N1C=CN(c2c(C(C)C)cccc2C(C)C)C1.CCCI.[Cl][Au].[Cl][Au]. The van der Waals surface area contributed by atoms with E-state index in [0.29, 0.717) is 23.7 Å². The molecule has 230 valence electrons. The molecule has 0 fully saturated rings. The number of nitrogens with zero attached hydrogens (tertiary/aromatic N) is 2. The van der Waals surface area contributed by atoms with E-state index in [0.717, 1.165) is 6.67 Å². The summed E-state index contributed by atoms with van der Waals surface area (Å²) in [4.78, 5) is 4.90. The predicted octanol–water partition coefficient (Wildman–Crippen LogP) is 11.9. The molecule has 1 heterocycles. The van der Waals surface area contributed by atoms with Crippen molar-refractivity contribution in [3.63, 3.8) is 0 Å². The van der Waals surface area contributed by atoms with E-state index in [1.807, 2.05) is 0 Å². The molecule has 0 N–H and O–H groups in total. The normalized spacial score (nSPS) is 11.9. The van der Waals surface area contributed by atoms with Crippen LogP contribution in [0.25, 0.3) is 0 Å². The molecular weight excluding hydrogens is 1000 g/mol. The first-order chi connectivity index (χ1) is 18.6. The standard InChI is InChI=1S/C27H38N2.C3H7I.C2H4.2Au.2ClH/c1-18(2)22-11-9-12-23(19(3)4)26(22)28-15-16-29(17-28)27-24(20(5)6)13-10-14-25(27)21(7)8;1-2-3-4;1-2;;;;/h9-16,18-21H,17H2,1-8H3;2-3H2,1H3;1-2H2;;;2*1H/q;;;2*+1;;/p-2. The van der Waals surface area contributed by atoms with Gasteiger partial charge in [-0.1, -0.05) is 121 Å². The van der Waals surface area contributed by atoms with Gasteiger partial charge in [-0.3, -0.25) is 0 Å². The van der Waals surface area contributed by atoms with Gasteiger partial charge in [-0.2, -0.15) is 0 Å². The van der Waals surface area contributed by atoms with Crippen molar-refractivity contribution in [2.45, 2.75) is 92.4 Å². The average molecular weight is 1050 g/mol. The number of anilines is 2. The third-order valence-corrected chi connectivity index (χ3v) is 7.26. The maximum atomic E-state index is 4.58. The van der Waals surface area contributed by atoms with E-state index in [1.165, 1.54) is 44.5 Å². The molecule has 2 nitrogen and oxygen atoms in total. The molecule has 0 radical (unpaired) electrons. The Kier molecular flexibility index (Phi) is 25.3. The number of hydrogen-bond donors (Lipinski definition) is 0. The van der Waals surface area contributed by atoms with Crippen molar-refractivity contribution in [2.24, 2.45) is 0 Å². The van der Waals surface area contributed by atoms with Gasteiger partial charge in [0, 0.05) is 23.8 Å². The third-order valence-electron chi connectivity index (χ3n) is 6.18. The fraction of sp³-hybridized carbons (Fsp3) is 0.500. The van der Waals surface area contributed by atoms with Crippen LogP contribution >= 0.6 is 41.0 Å². The second-order valence-corrected chi connectivity index (χ2v) is 11.3. The monoisotopic (exact) mass is 1050 g/mol. The summed E-state index contributed by atoms with van der Waals surface area (Å²) in [6.07, 6.45) is 5.85. The Bertz CT molecular complexity index is 824. The van der Waals surface area contributed by atoms with Crippen molar-refractivity contribution in [1.82, 2.24) is 0 Å². The van der Waals surface area contributed by atoms with E-state index in [2.05, 4.69) is 175 Å². The number of para-hydroxylation sites is 2. The number of rotatable bonds is 7. The van der Waals surface area contributed by atoms with E-state index in [9.17, 15) is 0 Å². The summed E-state index contributed by atoms with van der Waals surface area (Å²) in [7, 11) is 9.17. The maximum absolute atomic E-state index is 4.58. The summed E-state index contributed by atoms with van der Waals surface area (Å²) >= 11 is 5.85. The molecule has 2 aromatic rings. The molecule has 0 atom stereocenters. The van der Waals surface area contributed by atoms with Gasteiger partial charge in [0.2, 0.25) is 0 Å². The summed E-state index contributed by atoms with van der Waals surface area (Å²) in [6.45, 7) is 27.4. The molecule has 0 saturated heterocycles. The Hall–Kier alpha value is 0.311. The van der Waals surface area contributed by atoms with Crippen molar-refractivity contribution in [2.75, 3.05) is 20.9 Å². The van der Waals surface area contributed by atoms with E-state index < -0.39 is 0 Å². The molecule has 0 spiro atoms. The zero-order chi connectivity index (χ0) is 30.7. The number of alkyl halides is 1. The Morgan fingerprint density at radius 1 is 0.667 bits per heavy atom. The van der Waals surface area contributed by atoms with Gasteiger partial charge in [-0.15, -0.1) is 13.2 Å². The molecule has 3 rings (SSSR count). The van der Waals surface area contributed by atoms with Crippen LogP contribution in [0.5, 0.6) is 0 Å². The Balaban J connectivity index is 0. The minimum absolute atomic E-state index is 0.500. The molecule has 1 aliphatic rings. The van der Waals surface area contributed by atoms with Crippen molar-refractivity contribution in [3.05, 3.63) is 84.2 Å². The van der Waals surface area contributed by atoms with Crippen LogP contribution < -0.4 is 9.80 Å². The van der Waals surface area contributed by atoms with Gasteiger partial charge in [0.15, 0.2) is 0 Å². The van der Waals surface area contributed by atoms with E-state index in [1.54, 1.807) is 40.0 Å². The first kappa shape index (κ1) is 41.4. The first-order valence-electron chi connectivity index (χ1n) is 13.4. The van der Waals surface area contributed by atoms with Crippen molar-refractivity contribution < 1.29 is 40.0 Å². The Morgan fingerprint density at radius 2 is 0.897 bits per heavy atom. The van der Waals surface area contributed by atoms with Crippen molar-refractivity contribution >= 4 is 52.3 Å². The van der Waals surface area contributed by atoms with E-state index >= 15 is 0 Å². The number of benzene rings is 2. The molecule has 0 aliphatic carbocycles. The topological polar surface area (TPSA) is 6.48 Å². The van der Waals surface area contributed by atoms with Crippen molar-refractivity contribution in [1.29, 1.82) is 0 Å². The Morgan fingerprint density at radius 3 is 1.08 bits per heavy atom. The molecule has 7 heteroatoms. The molecule has 2 aromatic carbocycles.